The maximum absolute atomic E-state index is 10.7. The van der Waals surface area contributed by atoms with E-state index in [2.05, 4.69) is 29.0 Å². The van der Waals surface area contributed by atoms with Gasteiger partial charge < -0.3 is 0 Å². The molecule has 0 saturated carbocycles. The maximum atomic E-state index is 10.7. The van der Waals surface area contributed by atoms with Gasteiger partial charge in [-0.25, -0.2) is 9.59 Å². The van der Waals surface area contributed by atoms with Gasteiger partial charge in [-0.15, -0.1) is 0 Å². The van der Waals surface area contributed by atoms with Crippen molar-refractivity contribution in [3.8, 4) is 0 Å². The molecule has 0 N–H and O–H groups in total. The molecule has 23 heavy (non-hydrogen) atoms. The van der Waals surface area contributed by atoms with Crippen molar-refractivity contribution in [1.29, 1.82) is 0 Å². The first-order valence-corrected chi connectivity index (χ1v) is 7.78. The van der Waals surface area contributed by atoms with Crippen molar-refractivity contribution in [3.05, 3.63) is 59.2 Å². The van der Waals surface area contributed by atoms with Crippen LogP contribution in [0.1, 0.15) is 44.6 Å². The van der Waals surface area contributed by atoms with Crippen molar-refractivity contribution in [1.82, 2.24) is 0 Å². The van der Waals surface area contributed by atoms with Crippen LogP contribution in [0.25, 0.3) is 0 Å². The molecule has 1 aromatic rings. The molecular weight excluding hydrogens is 288 g/mol. The second-order valence-corrected chi connectivity index (χ2v) is 5.71. The molecular formula is C19H20N2O2. The Morgan fingerprint density at radius 3 is 2.35 bits per heavy atom. The third-order valence-electron chi connectivity index (χ3n) is 4.28. The van der Waals surface area contributed by atoms with Gasteiger partial charge in [0.25, 0.3) is 0 Å². The summed E-state index contributed by atoms with van der Waals surface area (Å²) >= 11 is 0. The topological polar surface area (TPSA) is 58.9 Å². The van der Waals surface area contributed by atoms with Crippen LogP contribution in [0.5, 0.6) is 0 Å². The van der Waals surface area contributed by atoms with Crippen molar-refractivity contribution in [2.24, 2.45) is 9.98 Å². The molecule has 0 aromatic heterocycles. The van der Waals surface area contributed by atoms with Gasteiger partial charge in [0.05, 0.1) is 0 Å². The Bertz CT molecular complexity index is 688. The molecule has 0 fully saturated rings. The molecule has 0 bridgehead atoms. The van der Waals surface area contributed by atoms with E-state index < -0.39 is 5.66 Å². The fraction of sp³-hybridized carbons (Fsp3) is 0.368. The fourth-order valence-electron chi connectivity index (χ4n) is 3.03. The van der Waals surface area contributed by atoms with Gasteiger partial charge in [-0.3, -0.25) is 0 Å². The minimum atomic E-state index is -1.17. The molecule has 0 heterocycles. The Morgan fingerprint density at radius 1 is 1.17 bits per heavy atom. The van der Waals surface area contributed by atoms with Crippen LogP contribution in [-0.4, -0.2) is 17.8 Å². The number of aliphatic imine (C=N–C) groups is 2. The molecule has 0 spiro atoms. The van der Waals surface area contributed by atoms with E-state index >= 15 is 0 Å². The highest BCUT2D eigenvalue weighted by atomic mass is 16.1. The zero-order valence-corrected chi connectivity index (χ0v) is 13.5. The normalized spacial score (nSPS) is 21.3. The van der Waals surface area contributed by atoms with Gasteiger partial charge in [-0.05, 0) is 30.1 Å². The summed E-state index contributed by atoms with van der Waals surface area (Å²) in [5, 5.41) is 0. The van der Waals surface area contributed by atoms with Gasteiger partial charge in [0.15, 0.2) is 5.66 Å². The van der Waals surface area contributed by atoms with Crippen LogP contribution in [0.4, 0.5) is 0 Å². The average molecular weight is 308 g/mol. The molecule has 4 nitrogen and oxygen atoms in total. The van der Waals surface area contributed by atoms with Gasteiger partial charge in [0, 0.05) is 12.3 Å². The average Bonchev–Trinajstić information content (AvgIpc) is 2.57. The van der Waals surface area contributed by atoms with Gasteiger partial charge in [-0.1, -0.05) is 55.8 Å². The first kappa shape index (κ1) is 16.8. The van der Waals surface area contributed by atoms with Gasteiger partial charge in [0.2, 0.25) is 12.2 Å². The Labute approximate surface area is 136 Å². The molecule has 2 rings (SSSR count). The van der Waals surface area contributed by atoms with Crippen LogP contribution in [0.15, 0.2) is 63.6 Å². The number of rotatable bonds is 6. The molecule has 1 atom stereocenters. The SMILES string of the molecule is CCCC(C1=CCC(N=C=O)(N=C=O)C(C)=C1)c1ccccc1. The maximum Gasteiger partial charge on any atom is 0.237 e. The molecule has 1 unspecified atom stereocenters. The first-order valence-electron chi connectivity index (χ1n) is 7.78. The number of hydrogen-bond acceptors (Lipinski definition) is 4. The Kier molecular flexibility index (Phi) is 5.59. The van der Waals surface area contributed by atoms with E-state index in [1.807, 2.05) is 37.3 Å². The molecule has 1 aliphatic rings. The summed E-state index contributed by atoms with van der Waals surface area (Å²) in [6.07, 6.45) is 9.52. The van der Waals surface area contributed by atoms with Crippen molar-refractivity contribution in [3.63, 3.8) is 0 Å². The zero-order valence-electron chi connectivity index (χ0n) is 13.5. The highest BCUT2D eigenvalue weighted by Crippen LogP contribution is 2.39. The van der Waals surface area contributed by atoms with Crippen LogP contribution in [0, 0.1) is 0 Å². The molecule has 118 valence electrons. The number of carbonyl (C=O) groups excluding carboxylic acids is 2. The quantitative estimate of drug-likeness (QED) is 0.583. The summed E-state index contributed by atoms with van der Waals surface area (Å²) in [6.45, 7) is 4.00. The summed E-state index contributed by atoms with van der Waals surface area (Å²) in [6, 6.07) is 10.3. The zero-order chi connectivity index (χ0) is 16.7. The molecule has 1 aromatic carbocycles. The largest absolute Gasteiger partial charge is 0.237 e. The molecule has 0 amide bonds. The van der Waals surface area contributed by atoms with E-state index in [-0.39, 0.29) is 5.92 Å². The van der Waals surface area contributed by atoms with Crippen molar-refractivity contribution in [2.45, 2.75) is 44.7 Å². The minimum Gasteiger partial charge on any atom is -0.211 e. The summed E-state index contributed by atoms with van der Waals surface area (Å²) in [5.74, 6) is 0.287. The second kappa shape index (κ2) is 7.64. The molecule has 0 saturated heterocycles. The summed E-state index contributed by atoms with van der Waals surface area (Å²) < 4.78 is 0. The third kappa shape index (κ3) is 3.62. The number of nitrogens with zero attached hydrogens (tertiary/aromatic N) is 2. The lowest BCUT2D eigenvalue weighted by atomic mass is 9.80. The third-order valence-corrected chi connectivity index (χ3v) is 4.28. The van der Waals surface area contributed by atoms with Crippen LogP contribution < -0.4 is 0 Å². The minimum absolute atomic E-state index is 0.287. The Balaban J connectivity index is 2.40. The lowest BCUT2D eigenvalue weighted by molar-refractivity contribution is 0.491. The first-order chi connectivity index (χ1) is 11.2. The predicted octanol–water partition coefficient (Wildman–Crippen LogP) is 4.21. The molecule has 0 radical (unpaired) electrons. The van der Waals surface area contributed by atoms with Crippen LogP contribution >= 0.6 is 0 Å². The van der Waals surface area contributed by atoms with E-state index in [9.17, 15) is 9.59 Å². The van der Waals surface area contributed by atoms with Crippen LogP contribution in [0.3, 0.4) is 0 Å². The standard InChI is InChI=1S/C19H20N2O2/c1-3-7-18(16-8-5-4-6-9-16)17-10-11-19(20-13-22,21-14-23)15(2)12-17/h4-6,8-10,12,18H,3,7,11H2,1-2H3. The van der Waals surface area contributed by atoms with Gasteiger partial charge in [0.1, 0.15) is 0 Å². The fourth-order valence-corrected chi connectivity index (χ4v) is 3.03. The molecule has 0 aliphatic heterocycles. The lowest BCUT2D eigenvalue weighted by Crippen LogP contribution is -2.27. The molecule has 4 heteroatoms. The number of isocyanates is 2. The highest BCUT2D eigenvalue weighted by Gasteiger charge is 2.34. The highest BCUT2D eigenvalue weighted by molar-refractivity contribution is 5.48. The van der Waals surface area contributed by atoms with Crippen molar-refractivity contribution in [2.75, 3.05) is 0 Å². The lowest BCUT2D eigenvalue weighted by Gasteiger charge is -2.29. The summed E-state index contributed by atoms with van der Waals surface area (Å²) in [4.78, 5) is 28.9. The summed E-state index contributed by atoms with van der Waals surface area (Å²) in [5.41, 5.74) is 2.03. The van der Waals surface area contributed by atoms with Crippen molar-refractivity contribution < 1.29 is 9.59 Å². The van der Waals surface area contributed by atoms with Crippen LogP contribution in [0.2, 0.25) is 0 Å². The monoisotopic (exact) mass is 308 g/mol. The Morgan fingerprint density at radius 2 is 1.83 bits per heavy atom. The van der Waals surface area contributed by atoms with E-state index in [0.717, 1.165) is 18.4 Å². The number of hydrogen-bond donors (Lipinski definition) is 0. The van der Waals surface area contributed by atoms with Gasteiger partial charge in [-0.2, -0.15) is 9.98 Å². The predicted molar refractivity (Wildman–Crippen MR) is 89.5 cm³/mol. The van der Waals surface area contributed by atoms with Crippen molar-refractivity contribution >= 4 is 12.2 Å². The van der Waals surface area contributed by atoms with Gasteiger partial charge >= 0.3 is 0 Å². The van der Waals surface area contributed by atoms with Crippen LogP contribution in [-0.2, 0) is 9.59 Å². The number of benzene rings is 1. The second-order valence-electron chi connectivity index (χ2n) is 5.71. The Hall–Kier alpha value is -2.54. The molecule has 1 aliphatic carbocycles. The number of allylic oxidation sites excluding steroid dienone is 2. The smallest absolute Gasteiger partial charge is 0.211 e. The van der Waals surface area contributed by atoms with E-state index in [1.54, 1.807) is 0 Å². The van der Waals surface area contributed by atoms with E-state index in [0.29, 0.717) is 6.42 Å². The van der Waals surface area contributed by atoms with E-state index in [1.165, 1.54) is 23.3 Å². The van der Waals surface area contributed by atoms with E-state index in [4.69, 9.17) is 0 Å². The summed E-state index contributed by atoms with van der Waals surface area (Å²) in [7, 11) is 0.